The summed E-state index contributed by atoms with van der Waals surface area (Å²) in [6, 6.07) is 7.64. The smallest absolute Gasteiger partial charge is 0.241 e. The van der Waals surface area contributed by atoms with E-state index < -0.39 is 0 Å². The molecule has 1 unspecified atom stereocenters. The molecule has 2 aliphatic heterocycles. The molecule has 1 aromatic carbocycles. The molecule has 0 N–H and O–H groups in total. The number of rotatable bonds is 1. The maximum absolute atomic E-state index is 12.3. The standard InChI is InChI=1S/C18H21ClN4OS/c1-12(24)23-15(13-6-8-14(19)9-7-13)22-16(21-23)18(20-17(22)25-2)10-4-3-5-11-18/h6-9,15H,3-5,10-11H2,1-2H3. The Labute approximate surface area is 157 Å². The van der Waals surface area contributed by atoms with E-state index in [1.54, 1.807) is 23.7 Å². The third-order valence-electron chi connectivity index (χ3n) is 5.19. The minimum Gasteiger partial charge on any atom is -0.278 e. The van der Waals surface area contributed by atoms with Crippen LogP contribution in [0.4, 0.5) is 0 Å². The van der Waals surface area contributed by atoms with Gasteiger partial charge in [0.05, 0.1) is 0 Å². The Morgan fingerprint density at radius 3 is 2.52 bits per heavy atom. The number of thioether (sulfide) groups is 1. The summed E-state index contributed by atoms with van der Waals surface area (Å²) in [6.07, 6.45) is 7.33. The first kappa shape index (κ1) is 16.9. The third-order valence-corrected chi connectivity index (χ3v) is 6.10. The number of benzene rings is 1. The zero-order valence-corrected chi connectivity index (χ0v) is 16.0. The van der Waals surface area contributed by atoms with Crippen LogP contribution in [0.15, 0.2) is 34.4 Å². The molecule has 1 spiro atoms. The normalized spacial score (nSPS) is 24.4. The molecule has 1 fully saturated rings. The van der Waals surface area contributed by atoms with Crippen LogP contribution in [0.25, 0.3) is 0 Å². The zero-order chi connectivity index (χ0) is 17.6. The summed E-state index contributed by atoms with van der Waals surface area (Å²) in [5, 5.41) is 8.00. The third kappa shape index (κ3) is 2.66. The lowest BCUT2D eigenvalue weighted by molar-refractivity contribution is -0.131. The summed E-state index contributed by atoms with van der Waals surface area (Å²) in [6.45, 7) is 1.57. The zero-order valence-electron chi connectivity index (χ0n) is 14.4. The van der Waals surface area contributed by atoms with E-state index in [2.05, 4.69) is 4.90 Å². The number of hydrazone groups is 1. The summed E-state index contributed by atoms with van der Waals surface area (Å²) >= 11 is 7.67. The fourth-order valence-corrected chi connectivity index (χ4v) is 4.79. The first-order chi connectivity index (χ1) is 12.1. The van der Waals surface area contributed by atoms with Gasteiger partial charge < -0.3 is 0 Å². The number of hydrogen-bond acceptors (Lipinski definition) is 5. The van der Waals surface area contributed by atoms with Gasteiger partial charge in [-0.25, -0.2) is 10.0 Å². The topological polar surface area (TPSA) is 48.3 Å². The fourth-order valence-electron chi connectivity index (χ4n) is 4.01. The molecule has 0 aromatic heterocycles. The van der Waals surface area contributed by atoms with Crippen LogP contribution < -0.4 is 0 Å². The van der Waals surface area contributed by atoms with Gasteiger partial charge in [-0.05, 0) is 36.8 Å². The predicted octanol–water partition coefficient (Wildman–Crippen LogP) is 4.25. The Morgan fingerprint density at radius 1 is 1.24 bits per heavy atom. The van der Waals surface area contributed by atoms with Crippen molar-refractivity contribution in [2.45, 2.75) is 50.7 Å². The molecule has 25 heavy (non-hydrogen) atoms. The average Bonchev–Trinajstić information content (AvgIpc) is 3.14. The van der Waals surface area contributed by atoms with E-state index in [-0.39, 0.29) is 17.6 Å². The van der Waals surface area contributed by atoms with Crippen LogP contribution in [-0.2, 0) is 4.79 Å². The lowest BCUT2D eigenvalue weighted by Gasteiger charge is -2.31. The van der Waals surface area contributed by atoms with Crippen molar-refractivity contribution < 1.29 is 4.79 Å². The predicted molar refractivity (Wildman–Crippen MR) is 103 cm³/mol. The van der Waals surface area contributed by atoms with Crippen molar-refractivity contribution in [2.24, 2.45) is 10.1 Å². The van der Waals surface area contributed by atoms with Crippen LogP contribution in [-0.4, -0.2) is 38.6 Å². The Balaban J connectivity index is 1.80. The molecular formula is C18H21ClN4OS. The fraction of sp³-hybridized carbons (Fsp3) is 0.500. The van der Waals surface area contributed by atoms with Gasteiger partial charge in [0.25, 0.3) is 0 Å². The Bertz CT molecular complexity index is 755. The molecule has 132 valence electrons. The lowest BCUT2D eigenvalue weighted by atomic mass is 9.81. The minimum absolute atomic E-state index is 0.0618. The first-order valence-corrected chi connectivity index (χ1v) is 10.2. The molecule has 5 nitrogen and oxygen atoms in total. The van der Waals surface area contributed by atoms with Gasteiger partial charge in [-0.2, -0.15) is 5.10 Å². The Kier molecular flexibility index (Phi) is 4.28. The second-order valence-electron chi connectivity index (χ2n) is 6.77. The molecular weight excluding hydrogens is 356 g/mol. The maximum atomic E-state index is 12.3. The summed E-state index contributed by atoms with van der Waals surface area (Å²) in [4.78, 5) is 19.5. The van der Waals surface area contributed by atoms with Crippen molar-refractivity contribution in [3.8, 4) is 0 Å². The largest absolute Gasteiger partial charge is 0.278 e. The van der Waals surface area contributed by atoms with E-state index in [1.807, 2.05) is 30.5 Å². The van der Waals surface area contributed by atoms with E-state index in [1.165, 1.54) is 6.42 Å². The number of carbonyl (C=O) groups excluding carboxylic acids is 1. The van der Waals surface area contributed by atoms with Crippen LogP contribution in [0.1, 0.15) is 50.8 Å². The average molecular weight is 377 g/mol. The summed E-state index contributed by atoms with van der Waals surface area (Å²) in [5.41, 5.74) is 0.735. The van der Waals surface area contributed by atoms with E-state index in [4.69, 9.17) is 21.7 Å². The van der Waals surface area contributed by atoms with Crippen LogP contribution in [0.5, 0.6) is 0 Å². The van der Waals surface area contributed by atoms with Crippen molar-refractivity contribution in [3.63, 3.8) is 0 Å². The van der Waals surface area contributed by atoms with Gasteiger partial charge in [-0.15, -0.1) is 0 Å². The molecule has 1 aliphatic carbocycles. The quantitative estimate of drug-likeness (QED) is 0.736. The number of nitrogens with zero attached hydrogens (tertiary/aromatic N) is 4. The van der Waals surface area contributed by atoms with Crippen molar-refractivity contribution in [1.29, 1.82) is 0 Å². The van der Waals surface area contributed by atoms with Crippen molar-refractivity contribution in [2.75, 3.05) is 6.26 Å². The van der Waals surface area contributed by atoms with Crippen LogP contribution in [0, 0.1) is 0 Å². The Hall–Kier alpha value is -1.53. The molecule has 1 amide bonds. The number of amidine groups is 2. The number of fused-ring (bicyclic) bond motifs is 2. The van der Waals surface area contributed by atoms with Gasteiger partial charge >= 0.3 is 0 Å². The number of aliphatic imine (C=N–C) groups is 1. The maximum Gasteiger partial charge on any atom is 0.241 e. The van der Waals surface area contributed by atoms with Crippen molar-refractivity contribution >= 4 is 40.3 Å². The Morgan fingerprint density at radius 2 is 1.92 bits per heavy atom. The molecule has 1 saturated carbocycles. The minimum atomic E-state index is -0.280. The number of halogens is 1. The summed E-state index contributed by atoms with van der Waals surface area (Å²) in [5.74, 6) is 0.875. The highest BCUT2D eigenvalue weighted by Crippen LogP contribution is 2.46. The SMILES string of the molecule is CSC1=NC2(CCCCC2)C2=NN(C(C)=O)C(c3ccc(Cl)cc3)N12. The highest BCUT2D eigenvalue weighted by atomic mass is 35.5. The first-order valence-electron chi connectivity index (χ1n) is 8.63. The molecule has 7 heteroatoms. The van der Waals surface area contributed by atoms with Crippen molar-refractivity contribution in [1.82, 2.24) is 9.91 Å². The van der Waals surface area contributed by atoms with Gasteiger partial charge in [-0.3, -0.25) is 9.69 Å². The molecule has 0 bridgehead atoms. The van der Waals surface area contributed by atoms with Gasteiger partial charge in [-0.1, -0.05) is 54.8 Å². The second-order valence-corrected chi connectivity index (χ2v) is 7.98. The molecule has 1 atom stereocenters. The molecule has 4 rings (SSSR count). The van der Waals surface area contributed by atoms with Crippen LogP contribution in [0.3, 0.4) is 0 Å². The number of amides is 1. The van der Waals surface area contributed by atoms with E-state index in [9.17, 15) is 4.79 Å². The molecule has 0 radical (unpaired) electrons. The summed E-state index contributed by atoms with van der Waals surface area (Å²) in [7, 11) is 0. The van der Waals surface area contributed by atoms with Gasteiger partial charge in [0, 0.05) is 11.9 Å². The van der Waals surface area contributed by atoms with Gasteiger partial charge in [0.15, 0.2) is 17.2 Å². The highest BCUT2D eigenvalue weighted by molar-refractivity contribution is 8.13. The van der Waals surface area contributed by atoms with Gasteiger partial charge in [0.1, 0.15) is 5.54 Å². The molecule has 3 aliphatic rings. The lowest BCUT2D eigenvalue weighted by Crippen LogP contribution is -2.43. The van der Waals surface area contributed by atoms with Crippen LogP contribution in [0.2, 0.25) is 5.02 Å². The second kappa shape index (κ2) is 6.32. The summed E-state index contributed by atoms with van der Waals surface area (Å²) < 4.78 is 0. The monoisotopic (exact) mass is 376 g/mol. The van der Waals surface area contributed by atoms with Gasteiger partial charge in [0.2, 0.25) is 5.91 Å². The highest BCUT2D eigenvalue weighted by Gasteiger charge is 2.54. The van der Waals surface area contributed by atoms with Crippen molar-refractivity contribution in [3.05, 3.63) is 34.9 Å². The number of hydrogen-bond donors (Lipinski definition) is 0. The van der Waals surface area contributed by atoms with E-state index in [0.29, 0.717) is 5.02 Å². The van der Waals surface area contributed by atoms with E-state index >= 15 is 0 Å². The van der Waals surface area contributed by atoms with E-state index in [0.717, 1.165) is 42.3 Å². The number of carbonyl (C=O) groups is 1. The molecule has 1 aromatic rings. The van der Waals surface area contributed by atoms with Crippen LogP contribution >= 0.6 is 23.4 Å². The molecule has 0 saturated heterocycles. The molecule has 2 heterocycles.